The molecule has 78 heavy (non-hydrogen) atoms. The Kier molecular flexibility index (Phi) is 60.4. The molecule has 0 bridgehead atoms. The van der Waals surface area contributed by atoms with Crippen LogP contribution in [0.5, 0.6) is 0 Å². The Morgan fingerprint density at radius 1 is 0.269 bits per heavy atom. The molecular formula is C72H114O6. The summed E-state index contributed by atoms with van der Waals surface area (Å²) >= 11 is 0. The van der Waals surface area contributed by atoms with Crippen molar-refractivity contribution in [3.63, 3.8) is 0 Å². The van der Waals surface area contributed by atoms with Gasteiger partial charge in [0.25, 0.3) is 0 Å². The van der Waals surface area contributed by atoms with Crippen molar-refractivity contribution in [1.82, 2.24) is 0 Å². The largest absolute Gasteiger partial charge is 0.462 e. The molecule has 0 aliphatic carbocycles. The third kappa shape index (κ3) is 61.9. The molecule has 0 saturated carbocycles. The average Bonchev–Trinajstić information content (AvgIpc) is 3.44. The van der Waals surface area contributed by atoms with Crippen LogP contribution in [0.1, 0.15) is 258 Å². The molecule has 0 fully saturated rings. The van der Waals surface area contributed by atoms with E-state index >= 15 is 0 Å². The monoisotopic (exact) mass is 1070 g/mol. The maximum Gasteiger partial charge on any atom is 0.306 e. The van der Waals surface area contributed by atoms with Crippen molar-refractivity contribution < 1.29 is 28.6 Å². The number of rotatable bonds is 55. The molecule has 0 heterocycles. The molecular weight excluding hydrogens is 961 g/mol. The first-order valence-electron chi connectivity index (χ1n) is 31.5. The van der Waals surface area contributed by atoms with E-state index in [0.29, 0.717) is 19.3 Å². The fourth-order valence-electron chi connectivity index (χ4n) is 8.08. The van der Waals surface area contributed by atoms with Crippen LogP contribution in [0.4, 0.5) is 0 Å². The predicted octanol–water partition coefficient (Wildman–Crippen LogP) is 21.7. The summed E-state index contributed by atoms with van der Waals surface area (Å²) in [6.07, 6.45) is 93.9. The zero-order valence-corrected chi connectivity index (χ0v) is 50.1. The van der Waals surface area contributed by atoms with Crippen LogP contribution >= 0.6 is 0 Å². The van der Waals surface area contributed by atoms with Crippen LogP contribution in [0.15, 0.2) is 158 Å². The average molecular weight is 1080 g/mol. The van der Waals surface area contributed by atoms with Gasteiger partial charge in [0, 0.05) is 19.3 Å². The van der Waals surface area contributed by atoms with Crippen molar-refractivity contribution in [2.75, 3.05) is 13.2 Å². The molecule has 0 aromatic rings. The van der Waals surface area contributed by atoms with Crippen molar-refractivity contribution >= 4 is 17.9 Å². The van der Waals surface area contributed by atoms with Crippen LogP contribution in [-0.2, 0) is 28.6 Å². The molecule has 0 N–H and O–H groups in total. The molecule has 0 aromatic heterocycles. The second-order valence-corrected chi connectivity index (χ2v) is 20.2. The maximum absolute atomic E-state index is 12.9. The molecule has 0 aromatic carbocycles. The summed E-state index contributed by atoms with van der Waals surface area (Å²) in [5.74, 6) is -0.952. The van der Waals surface area contributed by atoms with Gasteiger partial charge in [0.05, 0.1) is 0 Å². The topological polar surface area (TPSA) is 78.9 Å². The standard InChI is InChI=1S/C72H114O6/c1-4-7-10-13-16-19-22-25-28-29-30-31-32-33-34-35-36-37-38-39-40-41-42-43-45-47-50-53-56-59-62-65-71(74)77-68-69(67-76-70(73)64-61-58-55-52-49-46-27-24-21-18-15-12-9-6-3)78-72(75)66-63-60-57-54-51-48-44-26-23-20-17-14-11-8-5-2/h7-8,10-11,15-20,24-28,30-31,33-34,36-37,39-40,42-44,69H,4-6,9,12-14,21-23,29,32,35,38,41,45-68H2,1-3H3/b10-7-,11-8-,18-15-,19-16-,20-17-,27-24-,28-25-,31-30-,34-33-,37-36-,40-39-,43-42-,44-26-. The first-order chi connectivity index (χ1) is 38.5. The highest BCUT2D eigenvalue weighted by molar-refractivity contribution is 5.71. The van der Waals surface area contributed by atoms with E-state index in [1.54, 1.807) is 0 Å². The van der Waals surface area contributed by atoms with Gasteiger partial charge in [-0.05, 0) is 141 Å². The van der Waals surface area contributed by atoms with Crippen molar-refractivity contribution in [3.05, 3.63) is 158 Å². The van der Waals surface area contributed by atoms with E-state index in [0.717, 1.165) is 186 Å². The van der Waals surface area contributed by atoms with Crippen LogP contribution < -0.4 is 0 Å². The minimum absolute atomic E-state index is 0.103. The molecule has 0 spiro atoms. The smallest absolute Gasteiger partial charge is 0.306 e. The molecule has 6 nitrogen and oxygen atoms in total. The third-order valence-electron chi connectivity index (χ3n) is 12.7. The van der Waals surface area contributed by atoms with E-state index in [-0.39, 0.29) is 31.1 Å². The van der Waals surface area contributed by atoms with Crippen molar-refractivity contribution in [2.45, 2.75) is 264 Å². The lowest BCUT2D eigenvalue weighted by atomic mass is 10.1. The Hall–Kier alpha value is -4.97. The number of allylic oxidation sites excluding steroid dienone is 26. The van der Waals surface area contributed by atoms with E-state index in [2.05, 4.69) is 179 Å². The summed E-state index contributed by atoms with van der Waals surface area (Å²) in [6.45, 7) is 6.33. The molecule has 1 atom stereocenters. The number of hydrogen-bond acceptors (Lipinski definition) is 6. The highest BCUT2D eigenvalue weighted by atomic mass is 16.6. The summed E-state index contributed by atoms with van der Waals surface area (Å²) in [5.41, 5.74) is 0. The van der Waals surface area contributed by atoms with Crippen LogP contribution in [0.3, 0.4) is 0 Å². The van der Waals surface area contributed by atoms with E-state index in [1.807, 2.05) is 0 Å². The van der Waals surface area contributed by atoms with Gasteiger partial charge >= 0.3 is 17.9 Å². The lowest BCUT2D eigenvalue weighted by Gasteiger charge is -2.18. The molecule has 0 aliphatic heterocycles. The van der Waals surface area contributed by atoms with Crippen LogP contribution in [-0.4, -0.2) is 37.2 Å². The minimum atomic E-state index is -0.807. The lowest BCUT2D eigenvalue weighted by molar-refractivity contribution is -0.167. The van der Waals surface area contributed by atoms with Gasteiger partial charge in [0.15, 0.2) is 6.10 Å². The van der Waals surface area contributed by atoms with E-state index < -0.39 is 6.10 Å². The predicted molar refractivity (Wildman–Crippen MR) is 338 cm³/mol. The minimum Gasteiger partial charge on any atom is -0.462 e. The summed E-state index contributed by atoms with van der Waals surface area (Å²) < 4.78 is 16.9. The van der Waals surface area contributed by atoms with E-state index in [9.17, 15) is 14.4 Å². The normalized spacial score (nSPS) is 13.2. The fraction of sp³-hybridized carbons (Fsp3) is 0.597. The summed E-state index contributed by atoms with van der Waals surface area (Å²) in [7, 11) is 0. The van der Waals surface area contributed by atoms with Gasteiger partial charge in [-0.2, -0.15) is 0 Å². The first-order valence-corrected chi connectivity index (χ1v) is 31.5. The van der Waals surface area contributed by atoms with Gasteiger partial charge < -0.3 is 14.2 Å². The highest BCUT2D eigenvalue weighted by Gasteiger charge is 2.19. The second-order valence-electron chi connectivity index (χ2n) is 20.2. The van der Waals surface area contributed by atoms with Gasteiger partial charge in [0.2, 0.25) is 0 Å². The Bertz CT molecular complexity index is 1760. The van der Waals surface area contributed by atoms with Crippen molar-refractivity contribution in [3.8, 4) is 0 Å². The zero-order chi connectivity index (χ0) is 56.4. The first kappa shape index (κ1) is 73.0. The van der Waals surface area contributed by atoms with Gasteiger partial charge in [-0.25, -0.2) is 0 Å². The summed E-state index contributed by atoms with van der Waals surface area (Å²) in [4.78, 5) is 38.2. The maximum atomic E-state index is 12.9. The van der Waals surface area contributed by atoms with Gasteiger partial charge in [-0.15, -0.1) is 0 Å². The zero-order valence-electron chi connectivity index (χ0n) is 50.1. The molecule has 0 saturated heterocycles. The molecule has 0 amide bonds. The SMILES string of the molecule is CC/C=C\C/C=C\C/C=C\C/C=C\C/C=C\C/C=C\C/C=C\C/C=C\CCCCCCCCC(=O)OCC(COC(=O)CCCCCCC/C=C\C/C=C\CCCC)OC(=O)CCCCCCC/C=C\C/C=C\C/C=C\CC. The van der Waals surface area contributed by atoms with Crippen LogP contribution in [0.25, 0.3) is 0 Å². The Labute approximate surface area is 480 Å². The molecule has 438 valence electrons. The molecule has 1 unspecified atom stereocenters. The number of carbonyl (C=O) groups is 3. The Morgan fingerprint density at radius 2 is 0.500 bits per heavy atom. The molecule has 0 rings (SSSR count). The van der Waals surface area contributed by atoms with Gasteiger partial charge in [0.1, 0.15) is 13.2 Å². The van der Waals surface area contributed by atoms with E-state index in [4.69, 9.17) is 14.2 Å². The molecule has 0 radical (unpaired) electrons. The van der Waals surface area contributed by atoms with Crippen molar-refractivity contribution in [2.24, 2.45) is 0 Å². The lowest BCUT2D eigenvalue weighted by Crippen LogP contribution is -2.30. The van der Waals surface area contributed by atoms with Gasteiger partial charge in [-0.3, -0.25) is 14.4 Å². The van der Waals surface area contributed by atoms with Gasteiger partial charge in [-0.1, -0.05) is 256 Å². The second kappa shape index (κ2) is 64.6. The quantitative estimate of drug-likeness (QED) is 0.0261. The van der Waals surface area contributed by atoms with Crippen molar-refractivity contribution in [1.29, 1.82) is 0 Å². The Morgan fingerprint density at radius 3 is 0.782 bits per heavy atom. The van der Waals surface area contributed by atoms with Crippen LogP contribution in [0.2, 0.25) is 0 Å². The Balaban J connectivity index is 4.37. The summed E-state index contributed by atoms with van der Waals surface area (Å²) in [6, 6.07) is 0. The van der Waals surface area contributed by atoms with E-state index in [1.165, 1.54) is 32.1 Å². The number of esters is 3. The number of unbranched alkanes of at least 4 members (excludes halogenated alkanes) is 18. The highest BCUT2D eigenvalue weighted by Crippen LogP contribution is 2.14. The summed E-state index contributed by atoms with van der Waals surface area (Å²) in [5, 5.41) is 0. The number of carbonyl (C=O) groups excluding carboxylic acids is 3. The number of hydrogen-bond donors (Lipinski definition) is 0. The third-order valence-corrected chi connectivity index (χ3v) is 12.7. The van der Waals surface area contributed by atoms with Crippen LogP contribution in [0, 0.1) is 0 Å². The fourth-order valence-corrected chi connectivity index (χ4v) is 8.08. The molecule has 6 heteroatoms. The molecule has 0 aliphatic rings. The number of ether oxygens (including phenoxy) is 3.